The van der Waals surface area contributed by atoms with Crippen molar-refractivity contribution in [2.45, 2.75) is 20.3 Å². The van der Waals surface area contributed by atoms with Crippen molar-refractivity contribution in [3.05, 3.63) is 23.8 Å². The molecule has 0 aliphatic carbocycles. The van der Waals surface area contributed by atoms with E-state index in [0.717, 1.165) is 6.42 Å². The van der Waals surface area contributed by atoms with Crippen LogP contribution < -0.4 is 0 Å². The van der Waals surface area contributed by atoms with Crippen molar-refractivity contribution in [2.75, 3.05) is 6.61 Å². The summed E-state index contributed by atoms with van der Waals surface area (Å²) in [6, 6.07) is 3.75. The highest BCUT2D eigenvalue weighted by Crippen LogP contribution is 2.22. The van der Waals surface area contributed by atoms with Gasteiger partial charge in [0.25, 0.3) is 0 Å². The number of hydrogen-bond acceptors (Lipinski definition) is 4. The largest absolute Gasteiger partial charge is 0.508 e. The van der Waals surface area contributed by atoms with E-state index in [1.807, 2.05) is 13.8 Å². The summed E-state index contributed by atoms with van der Waals surface area (Å²) in [6.45, 7) is 4.28. The molecule has 1 aromatic rings. The second-order valence-corrected chi connectivity index (χ2v) is 3.81. The van der Waals surface area contributed by atoms with E-state index in [-0.39, 0.29) is 23.0 Å². The summed E-state index contributed by atoms with van der Waals surface area (Å²) in [6.07, 6.45) is 0.916. The molecular weight excluding hydrogens is 208 g/mol. The summed E-state index contributed by atoms with van der Waals surface area (Å²) in [5.41, 5.74) is -0.0108. The number of rotatable bonds is 4. The number of carbonyl (C=O) groups excluding carboxylic acids is 1. The van der Waals surface area contributed by atoms with E-state index < -0.39 is 5.97 Å². The molecule has 1 atom stereocenters. The Hall–Kier alpha value is -1.71. The standard InChI is InChI=1S/C12H16O4/c1-3-8(2)7-16-12(15)10-6-9(13)4-5-11(10)14/h4-6,8,13-14H,3,7H2,1-2H3/t8-/m0/s1. The molecule has 1 aromatic carbocycles. The first kappa shape index (κ1) is 12.4. The van der Waals surface area contributed by atoms with Crippen molar-refractivity contribution in [1.82, 2.24) is 0 Å². The molecule has 0 radical (unpaired) electrons. The Kier molecular flexibility index (Phi) is 4.17. The monoisotopic (exact) mass is 224 g/mol. The second kappa shape index (κ2) is 5.39. The van der Waals surface area contributed by atoms with Crippen LogP contribution in [0.25, 0.3) is 0 Å². The molecular formula is C12H16O4. The number of hydrogen-bond donors (Lipinski definition) is 2. The third-order valence-corrected chi connectivity index (χ3v) is 2.40. The molecule has 0 aliphatic heterocycles. The highest BCUT2D eigenvalue weighted by Gasteiger charge is 2.14. The van der Waals surface area contributed by atoms with Gasteiger partial charge >= 0.3 is 5.97 Å². The smallest absolute Gasteiger partial charge is 0.342 e. The van der Waals surface area contributed by atoms with Crippen LogP contribution in [0.2, 0.25) is 0 Å². The Morgan fingerprint density at radius 3 is 2.75 bits per heavy atom. The maximum atomic E-state index is 11.5. The Bertz CT molecular complexity index is 373. The van der Waals surface area contributed by atoms with Gasteiger partial charge in [-0.2, -0.15) is 0 Å². The van der Waals surface area contributed by atoms with Gasteiger partial charge in [-0.3, -0.25) is 0 Å². The normalized spacial score (nSPS) is 12.1. The molecule has 2 N–H and O–H groups in total. The van der Waals surface area contributed by atoms with Crippen LogP contribution in [0, 0.1) is 5.92 Å². The van der Waals surface area contributed by atoms with Gasteiger partial charge in [0, 0.05) is 0 Å². The van der Waals surface area contributed by atoms with Crippen molar-refractivity contribution in [3.8, 4) is 11.5 Å². The van der Waals surface area contributed by atoms with E-state index in [4.69, 9.17) is 4.74 Å². The topological polar surface area (TPSA) is 66.8 Å². The second-order valence-electron chi connectivity index (χ2n) is 3.81. The van der Waals surface area contributed by atoms with Crippen molar-refractivity contribution in [3.63, 3.8) is 0 Å². The van der Waals surface area contributed by atoms with E-state index >= 15 is 0 Å². The van der Waals surface area contributed by atoms with Gasteiger partial charge in [-0.05, 0) is 24.1 Å². The average molecular weight is 224 g/mol. The lowest BCUT2D eigenvalue weighted by molar-refractivity contribution is 0.0443. The van der Waals surface area contributed by atoms with Crippen LogP contribution in [0.5, 0.6) is 11.5 Å². The summed E-state index contributed by atoms with van der Waals surface area (Å²) in [5.74, 6) is -0.600. The summed E-state index contributed by atoms with van der Waals surface area (Å²) in [7, 11) is 0. The predicted molar refractivity (Wildman–Crippen MR) is 59.5 cm³/mol. The minimum Gasteiger partial charge on any atom is -0.508 e. The van der Waals surface area contributed by atoms with Crippen LogP contribution in [0.15, 0.2) is 18.2 Å². The van der Waals surface area contributed by atoms with Crippen molar-refractivity contribution >= 4 is 5.97 Å². The lowest BCUT2D eigenvalue weighted by Gasteiger charge is -2.10. The van der Waals surface area contributed by atoms with Gasteiger partial charge in [0.1, 0.15) is 17.1 Å². The Balaban J connectivity index is 2.69. The van der Waals surface area contributed by atoms with Crippen molar-refractivity contribution in [1.29, 1.82) is 0 Å². The summed E-state index contributed by atoms with van der Waals surface area (Å²) in [4.78, 5) is 11.5. The Morgan fingerprint density at radius 2 is 2.12 bits per heavy atom. The summed E-state index contributed by atoms with van der Waals surface area (Å²) >= 11 is 0. The quantitative estimate of drug-likeness (QED) is 0.608. The van der Waals surface area contributed by atoms with E-state index in [1.54, 1.807) is 0 Å². The van der Waals surface area contributed by atoms with Gasteiger partial charge in [-0.1, -0.05) is 20.3 Å². The molecule has 0 unspecified atom stereocenters. The van der Waals surface area contributed by atoms with Crippen LogP contribution in [0.1, 0.15) is 30.6 Å². The molecule has 4 nitrogen and oxygen atoms in total. The minimum atomic E-state index is -0.617. The first-order chi connectivity index (χ1) is 7.54. The Labute approximate surface area is 94.5 Å². The summed E-state index contributed by atoms with van der Waals surface area (Å²) in [5, 5.41) is 18.6. The number of esters is 1. The lowest BCUT2D eigenvalue weighted by Crippen LogP contribution is -2.11. The zero-order valence-corrected chi connectivity index (χ0v) is 9.43. The van der Waals surface area contributed by atoms with Gasteiger partial charge in [0.2, 0.25) is 0 Å². The van der Waals surface area contributed by atoms with Crippen molar-refractivity contribution < 1.29 is 19.7 Å². The number of benzene rings is 1. The number of phenols is 2. The van der Waals surface area contributed by atoms with Gasteiger partial charge in [-0.25, -0.2) is 4.79 Å². The average Bonchev–Trinajstić information content (AvgIpc) is 2.28. The van der Waals surface area contributed by atoms with Crippen LogP contribution in [-0.2, 0) is 4.74 Å². The minimum absolute atomic E-state index is 0.0108. The fourth-order valence-corrected chi connectivity index (χ4v) is 1.10. The van der Waals surface area contributed by atoms with Crippen LogP contribution in [0.3, 0.4) is 0 Å². The zero-order chi connectivity index (χ0) is 12.1. The molecule has 0 amide bonds. The molecule has 88 valence electrons. The van der Waals surface area contributed by atoms with Gasteiger partial charge in [0.05, 0.1) is 6.61 Å². The van der Waals surface area contributed by atoms with Crippen LogP contribution >= 0.6 is 0 Å². The Morgan fingerprint density at radius 1 is 1.44 bits per heavy atom. The highest BCUT2D eigenvalue weighted by molar-refractivity contribution is 5.92. The number of phenolic OH excluding ortho intramolecular Hbond substituents is 2. The highest BCUT2D eigenvalue weighted by atomic mass is 16.5. The third-order valence-electron chi connectivity index (χ3n) is 2.40. The maximum absolute atomic E-state index is 11.5. The van der Waals surface area contributed by atoms with Crippen LogP contribution in [0.4, 0.5) is 0 Å². The zero-order valence-electron chi connectivity index (χ0n) is 9.43. The molecule has 4 heteroatoms. The third kappa shape index (κ3) is 3.15. The van der Waals surface area contributed by atoms with Gasteiger partial charge in [-0.15, -0.1) is 0 Å². The van der Waals surface area contributed by atoms with E-state index in [2.05, 4.69) is 0 Å². The SMILES string of the molecule is CC[C@H](C)COC(=O)c1cc(O)ccc1O. The fourth-order valence-electron chi connectivity index (χ4n) is 1.10. The molecule has 0 heterocycles. The predicted octanol–water partition coefficient (Wildman–Crippen LogP) is 2.30. The molecule has 0 aliphatic rings. The lowest BCUT2D eigenvalue weighted by atomic mass is 10.1. The molecule has 0 spiro atoms. The van der Waals surface area contributed by atoms with E-state index in [9.17, 15) is 15.0 Å². The van der Waals surface area contributed by atoms with E-state index in [1.165, 1.54) is 18.2 Å². The number of aromatic hydroxyl groups is 2. The molecule has 0 fully saturated rings. The first-order valence-corrected chi connectivity index (χ1v) is 5.23. The fraction of sp³-hybridized carbons (Fsp3) is 0.417. The molecule has 1 rings (SSSR count). The molecule has 16 heavy (non-hydrogen) atoms. The molecule has 0 saturated carbocycles. The molecule has 0 saturated heterocycles. The molecule has 0 aromatic heterocycles. The molecule has 0 bridgehead atoms. The number of ether oxygens (including phenoxy) is 1. The number of carbonyl (C=O) groups is 1. The van der Waals surface area contributed by atoms with Gasteiger partial charge < -0.3 is 14.9 Å². The van der Waals surface area contributed by atoms with Crippen molar-refractivity contribution in [2.24, 2.45) is 5.92 Å². The first-order valence-electron chi connectivity index (χ1n) is 5.23. The maximum Gasteiger partial charge on any atom is 0.342 e. The van der Waals surface area contributed by atoms with Crippen LogP contribution in [-0.4, -0.2) is 22.8 Å². The summed E-state index contributed by atoms with van der Waals surface area (Å²) < 4.78 is 5.01. The van der Waals surface area contributed by atoms with E-state index in [0.29, 0.717) is 6.61 Å². The van der Waals surface area contributed by atoms with Gasteiger partial charge in [0.15, 0.2) is 0 Å².